The molecule has 3 aromatic heterocycles. The Hall–Kier alpha value is -2.11. The summed E-state index contributed by atoms with van der Waals surface area (Å²) in [6, 6.07) is 8.22. The van der Waals surface area contributed by atoms with Gasteiger partial charge in [-0.2, -0.15) is 0 Å². The summed E-state index contributed by atoms with van der Waals surface area (Å²) in [5.41, 5.74) is 2.17. The Labute approximate surface area is 124 Å². The molecular weight excluding hydrogens is 264 g/mol. The molecule has 110 valence electrons. The van der Waals surface area contributed by atoms with Crippen LogP contribution in [0.5, 0.6) is 0 Å². The third-order valence-electron chi connectivity index (χ3n) is 3.68. The second kappa shape index (κ2) is 6.11. The standard InChI is InChI=1S/C16H20N4O/c1-20(2)14(15-6-4-8-21-15)11-17-9-12-10-19-16-13(12)5-3-7-18-16/h3-8,10,14,17H,9,11H2,1-2H3,(H,18,19). The van der Waals surface area contributed by atoms with Gasteiger partial charge in [-0.1, -0.05) is 0 Å². The fraction of sp³-hybridized carbons (Fsp3) is 0.312. The number of aromatic nitrogens is 2. The fourth-order valence-corrected chi connectivity index (χ4v) is 2.52. The van der Waals surface area contributed by atoms with E-state index in [2.05, 4.69) is 40.3 Å². The number of nitrogens with one attached hydrogen (secondary N) is 2. The molecule has 1 atom stereocenters. The smallest absolute Gasteiger partial charge is 0.137 e. The summed E-state index contributed by atoms with van der Waals surface area (Å²) in [6.45, 7) is 1.63. The first-order valence-electron chi connectivity index (χ1n) is 7.07. The molecule has 2 N–H and O–H groups in total. The van der Waals surface area contributed by atoms with Crippen LogP contribution >= 0.6 is 0 Å². The molecule has 0 aliphatic heterocycles. The molecule has 1 unspecified atom stereocenters. The molecule has 3 heterocycles. The molecule has 0 saturated carbocycles. The lowest BCUT2D eigenvalue weighted by Gasteiger charge is -2.22. The first kappa shape index (κ1) is 13.9. The summed E-state index contributed by atoms with van der Waals surface area (Å²) >= 11 is 0. The van der Waals surface area contributed by atoms with Crippen LogP contribution in [0, 0.1) is 0 Å². The molecule has 0 radical (unpaired) electrons. The number of pyridine rings is 1. The Morgan fingerprint density at radius 3 is 3.00 bits per heavy atom. The van der Waals surface area contributed by atoms with Crippen LogP contribution in [0.15, 0.2) is 47.3 Å². The molecular formula is C16H20N4O. The van der Waals surface area contributed by atoms with Crippen LogP contribution in [0.25, 0.3) is 11.0 Å². The largest absolute Gasteiger partial charge is 0.468 e. The molecule has 0 bridgehead atoms. The maximum absolute atomic E-state index is 5.52. The zero-order valence-electron chi connectivity index (χ0n) is 12.3. The number of rotatable bonds is 6. The van der Waals surface area contributed by atoms with Crippen molar-refractivity contribution in [1.82, 2.24) is 20.2 Å². The first-order chi connectivity index (χ1) is 10.3. The monoisotopic (exact) mass is 284 g/mol. The molecule has 0 aliphatic rings. The van der Waals surface area contributed by atoms with E-state index in [0.717, 1.165) is 24.5 Å². The van der Waals surface area contributed by atoms with Gasteiger partial charge in [0.25, 0.3) is 0 Å². The second-order valence-electron chi connectivity index (χ2n) is 5.34. The van der Waals surface area contributed by atoms with Crippen LogP contribution < -0.4 is 5.32 Å². The molecule has 21 heavy (non-hydrogen) atoms. The Kier molecular flexibility index (Phi) is 4.03. The molecule has 0 spiro atoms. The van der Waals surface area contributed by atoms with Gasteiger partial charge in [-0.25, -0.2) is 4.98 Å². The minimum atomic E-state index is 0.225. The maximum atomic E-state index is 5.52. The quantitative estimate of drug-likeness (QED) is 0.730. The number of hydrogen-bond acceptors (Lipinski definition) is 4. The lowest BCUT2D eigenvalue weighted by atomic mass is 10.2. The number of H-pyrrole nitrogens is 1. The van der Waals surface area contributed by atoms with Crippen molar-refractivity contribution in [2.24, 2.45) is 0 Å². The van der Waals surface area contributed by atoms with Crippen LogP contribution in [0.4, 0.5) is 0 Å². The summed E-state index contributed by atoms with van der Waals surface area (Å²) in [5.74, 6) is 0.980. The van der Waals surface area contributed by atoms with E-state index in [1.807, 2.05) is 24.4 Å². The van der Waals surface area contributed by atoms with Crippen molar-refractivity contribution in [2.45, 2.75) is 12.6 Å². The number of furan rings is 1. The van der Waals surface area contributed by atoms with Crippen molar-refractivity contribution in [3.05, 3.63) is 54.2 Å². The highest BCUT2D eigenvalue weighted by Gasteiger charge is 2.16. The lowest BCUT2D eigenvalue weighted by molar-refractivity contribution is 0.250. The van der Waals surface area contributed by atoms with E-state index in [0.29, 0.717) is 0 Å². The molecule has 3 rings (SSSR count). The zero-order valence-corrected chi connectivity index (χ0v) is 12.3. The zero-order chi connectivity index (χ0) is 14.7. The van der Waals surface area contributed by atoms with Crippen LogP contribution in [0.2, 0.25) is 0 Å². The summed E-state index contributed by atoms with van der Waals surface area (Å²) in [6.07, 6.45) is 5.54. The Morgan fingerprint density at radius 2 is 2.24 bits per heavy atom. The average Bonchev–Trinajstić information content (AvgIpc) is 3.13. The van der Waals surface area contributed by atoms with Gasteiger partial charge in [-0.3, -0.25) is 4.90 Å². The minimum absolute atomic E-state index is 0.225. The summed E-state index contributed by atoms with van der Waals surface area (Å²) in [5, 5.41) is 4.67. The van der Waals surface area contributed by atoms with Crippen molar-refractivity contribution < 1.29 is 4.42 Å². The van der Waals surface area contributed by atoms with Crippen molar-refractivity contribution in [2.75, 3.05) is 20.6 Å². The topological polar surface area (TPSA) is 57.1 Å². The van der Waals surface area contributed by atoms with Crippen molar-refractivity contribution in [3.8, 4) is 0 Å². The first-order valence-corrected chi connectivity index (χ1v) is 7.07. The van der Waals surface area contributed by atoms with E-state index >= 15 is 0 Å². The van der Waals surface area contributed by atoms with E-state index in [1.54, 1.807) is 12.5 Å². The highest BCUT2D eigenvalue weighted by molar-refractivity contribution is 5.79. The summed E-state index contributed by atoms with van der Waals surface area (Å²) < 4.78 is 5.52. The average molecular weight is 284 g/mol. The Balaban J connectivity index is 1.65. The maximum Gasteiger partial charge on any atom is 0.137 e. The van der Waals surface area contributed by atoms with Gasteiger partial charge in [-0.15, -0.1) is 0 Å². The minimum Gasteiger partial charge on any atom is -0.468 e. The van der Waals surface area contributed by atoms with Crippen LogP contribution in [0.1, 0.15) is 17.4 Å². The van der Waals surface area contributed by atoms with Gasteiger partial charge in [0, 0.05) is 30.9 Å². The predicted octanol–water partition coefficient (Wildman–Crippen LogP) is 2.55. The van der Waals surface area contributed by atoms with E-state index < -0.39 is 0 Å². The van der Waals surface area contributed by atoms with E-state index in [9.17, 15) is 0 Å². The summed E-state index contributed by atoms with van der Waals surface area (Å²) in [4.78, 5) is 9.66. The van der Waals surface area contributed by atoms with Gasteiger partial charge in [0.1, 0.15) is 11.4 Å². The fourth-order valence-electron chi connectivity index (χ4n) is 2.52. The lowest BCUT2D eigenvalue weighted by Crippen LogP contribution is -2.30. The third-order valence-corrected chi connectivity index (χ3v) is 3.68. The number of fused-ring (bicyclic) bond motifs is 1. The number of hydrogen-bond donors (Lipinski definition) is 2. The van der Waals surface area contributed by atoms with E-state index in [-0.39, 0.29) is 6.04 Å². The van der Waals surface area contributed by atoms with Crippen LogP contribution in [0.3, 0.4) is 0 Å². The van der Waals surface area contributed by atoms with Crippen molar-refractivity contribution in [1.29, 1.82) is 0 Å². The van der Waals surface area contributed by atoms with Gasteiger partial charge in [0.2, 0.25) is 0 Å². The highest BCUT2D eigenvalue weighted by atomic mass is 16.3. The molecule has 5 nitrogen and oxygen atoms in total. The van der Waals surface area contributed by atoms with Crippen LogP contribution in [-0.4, -0.2) is 35.5 Å². The van der Waals surface area contributed by atoms with Crippen molar-refractivity contribution >= 4 is 11.0 Å². The van der Waals surface area contributed by atoms with E-state index in [1.165, 1.54) is 10.9 Å². The molecule has 3 aromatic rings. The predicted molar refractivity (Wildman–Crippen MR) is 82.9 cm³/mol. The molecule has 0 aliphatic carbocycles. The number of aromatic amines is 1. The van der Waals surface area contributed by atoms with Gasteiger partial charge in [-0.05, 0) is 43.9 Å². The van der Waals surface area contributed by atoms with Crippen molar-refractivity contribution in [3.63, 3.8) is 0 Å². The van der Waals surface area contributed by atoms with Gasteiger partial charge >= 0.3 is 0 Å². The normalized spacial score (nSPS) is 13.1. The third kappa shape index (κ3) is 2.99. The van der Waals surface area contributed by atoms with Gasteiger partial charge in [0.15, 0.2) is 0 Å². The number of likely N-dealkylation sites (N-methyl/N-ethyl adjacent to an activating group) is 1. The Bertz CT molecular complexity index is 687. The SMILES string of the molecule is CN(C)C(CNCc1c[nH]c2ncccc12)c1ccco1. The van der Waals surface area contributed by atoms with E-state index in [4.69, 9.17) is 4.42 Å². The second-order valence-corrected chi connectivity index (χ2v) is 5.34. The van der Waals surface area contributed by atoms with Crippen LogP contribution in [-0.2, 0) is 6.54 Å². The molecule has 0 amide bonds. The summed E-state index contributed by atoms with van der Waals surface area (Å²) in [7, 11) is 4.12. The molecule has 0 aromatic carbocycles. The Morgan fingerprint density at radius 1 is 1.33 bits per heavy atom. The van der Waals surface area contributed by atoms with Gasteiger partial charge in [0.05, 0.1) is 12.3 Å². The molecule has 0 saturated heterocycles. The molecule has 5 heteroatoms. The van der Waals surface area contributed by atoms with Gasteiger partial charge < -0.3 is 14.7 Å². The number of nitrogens with zero attached hydrogens (tertiary/aromatic N) is 2. The molecule has 0 fully saturated rings. The highest BCUT2D eigenvalue weighted by Crippen LogP contribution is 2.19.